The lowest BCUT2D eigenvalue weighted by Crippen LogP contribution is -2.15. The fourth-order valence-corrected chi connectivity index (χ4v) is 2.25. The molecule has 26 heavy (non-hydrogen) atoms. The largest absolute Gasteiger partial charge is 0.478 e. The smallest absolute Gasteiger partial charge is 0.335 e. The van der Waals surface area contributed by atoms with E-state index < -0.39 is 5.97 Å². The number of aromatic carboxylic acids is 1. The molecule has 2 rings (SSSR count). The summed E-state index contributed by atoms with van der Waals surface area (Å²) in [4.78, 5) is 27.9. The Balaban J connectivity index is 2.21. The molecule has 7 nitrogen and oxygen atoms in total. The number of carbonyl (C=O) groups is 2. The summed E-state index contributed by atoms with van der Waals surface area (Å²) in [5, 5.41) is 11.9. The van der Waals surface area contributed by atoms with Crippen molar-refractivity contribution in [2.45, 2.75) is 33.0 Å². The maximum atomic E-state index is 12.5. The van der Waals surface area contributed by atoms with E-state index in [9.17, 15) is 14.7 Å². The van der Waals surface area contributed by atoms with Crippen molar-refractivity contribution < 1.29 is 24.2 Å². The number of nitrogens with zero attached hydrogens (tertiary/aromatic N) is 1. The average molecular weight is 358 g/mol. The number of hydrogen-bond donors (Lipinski definition) is 2. The Labute approximate surface area is 152 Å². The van der Waals surface area contributed by atoms with E-state index in [4.69, 9.17) is 9.47 Å². The van der Waals surface area contributed by atoms with E-state index in [-0.39, 0.29) is 24.2 Å². The van der Waals surface area contributed by atoms with E-state index in [0.29, 0.717) is 22.7 Å². The van der Waals surface area contributed by atoms with Crippen LogP contribution in [0.25, 0.3) is 0 Å². The average Bonchev–Trinajstić information content (AvgIpc) is 2.61. The molecular formula is C19H22N2O5. The van der Waals surface area contributed by atoms with Crippen molar-refractivity contribution >= 4 is 17.6 Å². The molecule has 0 aliphatic heterocycles. The zero-order valence-corrected chi connectivity index (χ0v) is 15.0. The first-order valence-electron chi connectivity index (χ1n) is 8.23. The third-order valence-corrected chi connectivity index (χ3v) is 3.70. The molecule has 0 radical (unpaired) electrons. The molecule has 138 valence electrons. The van der Waals surface area contributed by atoms with Crippen LogP contribution in [0.5, 0.6) is 5.88 Å². The van der Waals surface area contributed by atoms with Gasteiger partial charge in [0.15, 0.2) is 0 Å². The number of rotatable bonds is 8. The predicted molar refractivity (Wildman–Crippen MR) is 96.7 cm³/mol. The van der Waals surface area contributed by atoms with Crippen molar-refractivity contribution in [2.24, 2.45) is 0 Å². The lowest BCUT2D eigenvalue weighted by atomic mass is 10.1. The SMILES string of the molecule is CCC(C)Oc1cc(C(=O)Nc2cc(COC)cc(C(=O)O)c2)ccn1. The highest BCUT2D eigenvalue weighted by atomic mass is 16.5. The van der Waals surface area contributed by atoms with Gasteiger partial charge >= 0.3 is 5.97 Å². The summed E-state index contributed by atoms with van der Waals surface area (Å²) in [7, 11) is 1.52. The number of carboxylic acid groups (broad SMARTS) is 1. The van der Waals surface area contributed by atoms with Crippen LogP contribution in [0.2, 0.25) is 0 Å². The maximum Gasteiger partial charge on any atom is 0.335 e. The number of amides is 1. The minimum atomic E-state index is -1.08. The molecule has 1 heterocycles. The third kappa shape index (κ3) is 5.29. The second kappa shape index (κ2) is 8.96. The highest BCUT2D eigenvalue weighted by Crippen LogP contribution is 2.18. The summed E-state index contributed by atoms with van der Waals surface area (Å²) in [6.07, 6.45) is 2.31. The Morgan fingerprint density at radius 2 is 2.00 bits per heavy atom. The molecule has 1 aromatic heterocycles. The van der Waals surface area contributed by atoms with Gasteiger partial charge in [0.25, 0.3) is 5.91 Å². The zero-order valence-electron chi connectivity index (χ0n) is 15.0. The van der Waals surface area contributed by atoms with Crippen LogP contribution >= 0.6 is 0 Å². The fourth-order valence-electron chi connectivity index (χ4n) is 2.25. The summed E-state index contributed by atoms with van der Waals surface area (Å²) < 4.78 is 10.7. The number of anilines is 1. The van der Waals surface area contributed by atoms with Gasteiger partial charge in [0.05, 0.1) is 18.3 Å². The van der Waals surface area contributed by atoms with Crippen LogP contribution in [-0.4, -0.2) is 35.2 Å². The van der Waals surface area contributed by atoms with Crippen molar-refractivity contribution in [1.82, 2.24) is 4.98 Å². The molecule has 1 aromatic carbocycles. The molecule has 0 saturated heterocycles. The first kappa shape index (κ1) is 19.4. The number of ether oxygens (including phenoxy) is 2. The van der Waals surface area contributed by atoms with Crippen molar-refractivity contribution in [3.8, 4) is 5.88 Å². The Kier molecular flexibility index (Phi) is 6.68. The minimum Gasteiger partial charge on any atom is -0.478 e. The van der Waals surface area contributed by atoms with Crippen LogP contribution in [0.4, 0.5) is 5.69 Å². The number of aromatic nitrogens is 1. The summed E-state index contributed by atoms with van der Waals surface area (Å²) in [5.74, 6) is -1.09. The molecule has 0 spiro atoms. The number of benzene rings is 1. The standard InChI is InChI=1S/C19H22N2O5/c1-4-12(2)26-17-10-14(5-6-20-17)18(22)21-16-8-13(11-25-3)7-15(9-16)19(23)24/h5-10,12H,4,11H2,1-3H3,(H,21,22)(H,23,24). The van der Waals surface area contributed by atoms with Gasteiger partial charge < -0.3 is 19.9 Å². The van der Waals surface area contributed by atoms with Gasteiger partial charge in [-0.15, -0.1) is 0 Å². The monoisotopic (exact) mass is 358 g/mol. The highest BCUT2D eigenvalue weighted by molar-refractivity contribution is 6.05. The number of carbonyl (C=O) groups excluding carboxylic acids is 1. The zero-order chi connectivity index (χ0) is 19.1. The summed E-state index contributed by atoms with van der Waals surface area (Å²) in [6.45, 7) is 4.16. The molecule has 0 bridgehead atoms. The van der Waals surface area contributed by atoms with Crippen molar-refractivity contribution in [2.75, 3.05) is 12.4 Å². The van der Waals surface area contributed by atoms with E-state index in [1.165, 1.54) is 25.4 Å². The molecule has 0 saturated carbocycles. The minimum absolute atomic E-state index is 0.00957. The molecule has 1 amide bonds. The van der Waals surface area contributed by atoms with Gasteiger partial charge in [-0.25, -0.2) is 9.78 Å². The molecular weight excluding hydrogens is 336 g/mol. The molecule has 0 aliphatic carbocycles. The first-order valence-corrected chi connectivity index (χ1v) is 8.23. The molecule has 7 heteroatoms. The van der Waals surface area contributed by atoms with E-state index in [1.54, 1.807) is 18.2 Å². The van der Waals surface area contributed by atoms with Crippen LogP contribution < -0.4 is 10.1 Å². The van der Waals surface area contributed by atoms with Crippen LogP contribution in [-0.2, 0) is 11.3 Å². The number of hydrogen-bond acceptors (Lipinski definition) is 5. The Bertz CT molecular complexity index is 791. The van der Waals surface area contributed by atoms with Crippen LogP contribution in [0.15, 0.2) is 36.5 Å². The second-order valence-corrected chi connectivity index (χ2v) is 5.83. The van der Waals surface area contributed by atoms with Crippen molar-refractivity contribution in [3.63, 3.8) is 0 Å². The number of carboxylic acids is 1. The Hall–Kier alpha value is -2.93. The topological polar surface area (TPSA) is 97.8 Å². The number of pyridine rings is 1. The number of methoxy groups -OCH3 is 1. The Morgan fingerprint density at radius 3 is 2.65 bits per heavy atom. The van der Waals surface area contributed by atoms with Crippen molar-refractivity contribution in [3.05, 3.63) is 53.2 Å². The molecule has 0 aliphatic rings. The van der Waals surface area contributed by atoms with E-state index in [1.807, 2.05) is 13.8 Å². The van der Waals surface area contributed by atoms with Crippen LogP contribution in [0.3, 0.4) is 0 Å². The normalized spacial score (nSPS) is 11.7. The molecule has 1 atom stereocenters. The van der Waals surface area contributed by atoms with E-state index in [0.717, 1.165) is 6.42 Å². The van der Waals surface area contributed by atoms with E-state index in [2.05, 4.69) is 10.3 Å². The van der Waals surface area contributed by atoms with Gasteiger partial charge in [-0.3, -0.25) is 4.79 Å². The first-order chi connectivity index (χ1) is 12.4. The lowest BCUT2D eigenvalue weighted by molar-refractivity contribution is 0.0696. The molecule has 1 unspecified atom stereocenters. The van der Waals surface area contributed by atoms with Gasteiger partial charge in [0, 0.05) is 30.6 Å². The van der Waals surface area contributed by atoms with Gasteiger partial charge in [-0.05, 0) is 43.2 Å². The molecule has 0 fully saturated rings. The maximum absolute atomic E-state index is 12.5. The van der Waals surface area contributed by atoms with E-state index >= 15 is 0 Å². The second-order valence-electron chi connectivity index (χ2n) is 5.83. The summed E-state index contributed by atoms with van der Waals surface area (Å²) >= 11 is 0. The molecule has 2 N–H and O–H groups in total. The lowest BCUT2D eigenvalue weighted by Gasteiger charge is -2.13. The van der Waals surface area contributed by atoms with Crippen LogP contribution in [0.1, 0.15) is 46.5 Å². The van der Waals surface area contributed by atoms with Gasteiger partial charge in [0.1, 0.15) is 0 Å². The summed E-state index contributed by atoms with van der Waals surface area (Å²) in [5.41, 5.74) is 1.47. The highest BCUT2D eigenvalue weighted by Gasteiger charge is 2.12. The van der Waals surface area contributed by atoms with Crippen molar-refractivity contribution in [1.29, 1.82) is 0 Å². The molecule has 2 aromatic rings. The van der Waals surface area contributed by atoms with Gasteiger partial charge in [-0.1, -0.05) is 6.92 Å². The van der Waals surface area contributed by atoms with Gasteiger partial charge in [0.2, 0.25) is 5.88 Å². The third-order valence-electron chi connectivity index (χ3n) is 3.70. The van der Waals surface area contributed by atoms with Crippen LogP contribution in [0, 0.1) is 0 Å². The number of nitrogens with one attached hydrogen (secondary N) is 1. The predicted octanol–water partition coefficient (Wildman–Crippen LogP) is 3.36. The fraction of sp³-hybridized carbons (Fsp3) is 0.316. The van der Waals surface area contributed by atoms with Gasteiger partial charge in [-0.2, -0.15) is 0 Å². The Morgan fingerprint density at radius 1 is 1.23 bits per heavy atom. The summed E-state index contributed by atoms with van der Waals surface area (Å²) in [6, 6.07) is 7.70. The quantitative estimate of drug-likeness (QED) is 0.751.